The fraction of sp³-hybridized carbons (Fsp3) is 0.250. The van der Waals surface area contributed by atoms with Crippen molar-refractivity contribution in [3.8, 4) is 17.0 Å². The lowest BCUT2D eigenvalue weighted by Crippen LogP contribution is -2.08. The summed E-state index contributed by atoms with van der Waals surface area (Å²) in [5, 5.41) is 9.03. The number of fused-ring (bicyclic) bond motifs is 1. The Labute approximate surface area is 107 Å². The molecule has 3 rings (SSSR count). The first-order valence-electron chi connectivity index (χ1n) is 5.57. The van der Waals surface area contributed by atoms with E-state index in [1.807, 2.05) is 18.2 Å². The van der Waals surface area contributed by atoms with E-state index in [4.69, 9.17) is 9.84 Å². The van der Waals surface area contributed by atoms with Crippen molar-refractivity contribution in [3.63, 3.8) is 0 Å². The van der Waals surface area contributed by atoms with Gasteiger partial charge in [-0.05, 0) is 36.6 Å². The maximum atomic E-state index is 11.0. The Balaban J connectivity index is 2.06. The van der Waals surface area contributed by atoms with Crippen LogP contribution in [0.5, 0.6) is 5.75 Å². The number of nitrogens with zero attached hydrogens (tertiary/aromatic N) is 2. The van der Waals surface area contributed by atoms with E-state index in [0.29, 0.717) is 5.69 Å². The van der Waals surface area contributed by atoms with Gasteiger partial charge in [0.15, 0.2) is 5.69 Å². The second kappa shape index (κ2) is 4.38. The monoisotopic (exact) mass is 262 g/mol. The zero-order chi connectivity index (χ0) is 12.5. The summed E-state index contributed by atoms with van der Waals surface area (Å²) in [4.78, 5) is 11.0. The van der Waals surface area contributed by atoms with Crippen molar-refractivity contribution in [3.05, 3.63) is 29.5 Å². The van der Waals surface area contributed by atoms with Crippen LogP contribution in [0, 0.1) is 0 Å². The summed E-state index contributed by atoms with van der Waals surface area (Å²) in [5.41, 5.74) is 2.33. The smallest absolute Gasteiger partial charge is 0.357 e. The van der Waals surface area contributed by atoms with E-state index in [-0.39, 0.29) is 5.69 Å². The van der Waals surface area contributed by atoms with Crippen molar-refractivity contribution in [2.45, 2.75) is 12.8 Å². The molecule has 0 unspecified atom stereocenters. The molecule has 0 amide bonds. The number of aryl methyl sites for hydroxylation is 1. The molecule has 0 saturated carbocycles. The van der Waals surface area contributed by atoms with Gasteiger partial charge in [-0.2, -0.15) is 8.75 Å². The lowest BCUT2D eigenvalue weighted by atomic mass is 10.0. The van der Waals surface area contributed by atoms with E-state index in [9.17, 15) is 4.79 Å². The van der Waals surface area contributed by atoms with Crippen LogP contribution < -0.4 is 4.74 Å². The van der Waals surface area contributed by atoms with E-state index in [0.717, 1.165) is 48.1 Å². The number of hydrogen-bond donors (Lipinski definition) is 1. The maximum absolute atomic E-state index is 11.0. The van der Waals surface area contributed by atoms with Crippen molar-refractivity contribution in [2.24, 2.45) is 0 Å². The van der Waals surface area contributed by atoms with E-state index in [1.54, 1.807) is 0 Å². The highest BCUT2D eigenvalue weighted by molar-refractivity contribution is 6.99. The van der Waals surface area contributed by atoms with Crippen LogP contribution in [0.4, 0.5) is 0 Å². The average molecular weight is 262 g/mol. The Morgan fingerprint density at radius 3 is 3.11 bits per heavy atom. The van der Waals surface area contributed by atoms with Gasteiger partial charge in [-0.3, -0.25) is 0 Å². The van der Waals surface area contributed by atoms with Crippen LogP contribution in [-0.4, -0.2) is 26.4 Å². The number of carboxylic acids is 1. The molecular formula is C12H10N2O3S. The number of carbonyl (C=O) groups is 1. The summed E-state index contributed by atoms with van der Waals surface area (Å²) in [5.74, 6) is -0.169. The largest absolute Gasteiger partial charge is 0.493 e. The molecule has 2 heterocycles. The van der Waals surface area contributed by atoms with Gasteiger partial charge in [0.25, 0.3) is 0 Å². The molecule has 1 aliphatic heterocycles. The summed E-state index contributed by atoms with van der Waals surface area (Å²) < 4.78 is 13.4. The quantitative estimate of drug-likeness (QED) is 0.898. The molecule has 1 aromatic heterocycles. The molecule has 0 radical (unpaired) electrons. The fourth-order valence-electron chi connectivity index (χ4n) is 2.03. The molecule has 1 N–H and O–H groups in total. The molecule has 1 aliphatic rings. The van der Waals surface area contributed by atoms with Gasteiger partial charge >= 0.3 is 5.97 Å². The Morgan fingerprint density at radius 1 is 1.39 bits per heavy atom. The number of ether oxygens (including phenoxy) is 1. The van der Waals surface area contributed by atoms with Crippen LogP contribution >= 0.6 is 11.7 Å². The number of rotatable bonds is 2. The van der Waals surface area contributed by atoms with Gasteiger partial charge in [0.2, 0.25) is 0 Å². The Morgan fingerprint density at radius 2 is 2.28 bits per heavy atom. The SMILES string of the molecule is O=C(O)c1nsnc1-c1ccc2c(c1)CCCO2. The molecule has 6 heteroatoms. The van der Waals surface area contributed by atoms with Crippen LogP contribution in [0.2, 0.25) is 0 Å². The highest BCUT2D eigenvalue weighted by Gasteiger charge is 2.19. The van der Waals surface area contributed by atoms with Gasteiger partial charge < -0.3 is 9.84 Å². The number of benzene rings is 1. The third-order valence-corrected chi connectivity index (χ3v) is 3.40. The molecule has 18 heavy (non-hydrogen) atoms. The van der Waals surface area contributed by atoms with E-state index in [1.165, 1.54) is 0 Å². The van der Waals surface area contributed by atoms with Gasteiger partial charge in [0.1, 0.15) is 11.4 Å². The number of aromatic carboxylic acids is 1. The van der Waals surface area contributed by atoms with Crippen molar-refractivity contribution in [2.75, 3.05) is 6.61 Å². The maximum Gasteiger partial charge on any atom is 0.357 e. The third kappa shape index (κ3) is 1.84. The first-order valence-corrected chi connectivity index (χ1v) is 6.30. The first kappa shape index (κ1) is 11.2. The topological polar surface area (TPSA) is 72.3 Å². The summed E-state index contributed by atoms with van der Waals surface area (Å²) in [6.07, 6.45) is 1.93. The molecule has 0 spiro atoms. The lowest BCUT2D eigenvalue weighted by Gasteiger charge is -2.17. The highest BCUT2D eigenvalue weighted by Crippen LogP contribution is 2.30. The van der Waals surface area contributed by atoms with Crippen LogP contribution in [0.25, 0.3) is 11.3 Å². The van der Waals surface area contributed by atoms with E-state index < -0.39 is 5.97 Å². The first-order chi connectivity index (χ1) is 8.75. The predicted octanol–water partition coefficient (Wildman–Crippen LogP) is 2.23. The zero-order valence-electron chi connectivity index (χ0n) is 9.42. The minimum Gasteiger partial charge on any atom is -0.493 e. The second-order valence-corrected chi connectivity index (χ2v) is 4.57. The molecule has 92 valence electrons. The van der Waals surface area contributed by atoms with Crippen LogP contribution in [0.15, 0.2) is 18.2 Å². The van der Waals surface area contributed by atoms with Gasteiger partial charge in [-0.25, -0.2) is 4.79 Å². The standard InChI is InChI=1S/C12H10N2O3S/c15-12(16)11-10(13-18-14-11)8-3-4-9-7(6-8)2-1-5-17-9/h3-4,6H,1-2,5H2,(H,15,16). The van der Waals surface area contributed by atoms with Gasteiger partial charge in [0, 0.05) is 5.56 Å². The van der Waals surface area contributed by atoms with Crippen LogP contribution in [0.3, 0.4) is 0 Å². The summed E-state index contributed by atoms with van der Waals surface area (Å²) in [6.45, 7) is 0.741. The minimum absolute atomic E-state index is 0.0108. The van der Waals surface area contributed by atoms with E-state index >= 15 is 0 Å². The fourth-order valence-corrected chi connectivity index (χ4v) is 2.59. The summed E-state index contributed by atoms with van der Waals surface area (Å²) >= 11 is 0.915. The minimum atomic E-state index is -1.05. The molecule has 5 nitrogen and oxygen atoms in total. The number of carboxylic acid groups (broad SMARTS) is 1. The van der Waals surface area contributed by atoms with Crippen molar-refractivity contribution >= 4 is 17.7 Å². The number of aromatic nitrogens is 2. The molecule has 1 aromatic carbocycles. The van der Waals surface area contributed by atoms with Crippen LogP contribution in [-0.2, 0) is 6.42 Å². The number of hydrogen-bond acceptors (Lipinski definition) is 5. The average Bonchev–Trinajstić information content (AvgIpc) is 2.87. The molecule has 0 bridgehead atoms. The molecule has 2 aromatic rings. The Bertz CT molecular complexity index is 609. The van der Waals surface area contributed by atoms with Gasteiger partial charge in [0.05, 0.1) is 18.3 Å². The molecule has 0 saturated heterocycles. The third-order valence-electron chi connectivity index (χ3n) is 2.87. The van der Waals surface area contributed by atoms with E-state index in [2.05, 4.69) is 8.75 Å². The lowest BCUT2D eigenvalue weighted by molar-refractivity contribution is 0.0692. The predicted molar refractivity (Wildman–Crippen MR) is 66.1 cm³/mol. The molecule has 0 aliphatic carbocycles. The summed E-state index contributed by atoms with van der Waals surface area (Å²) in [6, 6.07) is 5.64. The van der Waals surface area contributed by atoms with Gasteiger partial charge in [-0.15, -0.1) is 0 Å². The zero-order valence-corrected chi connectivity index (χ0v) is 10.2. The summed E-state index contributed by atoms with van der Waals surface area (Å²) in [7, 11) is 0. The second-order valence-electron chi connectivity index (χ2n) is 4.04. The molecule has 0 fully saturated rings. The van der Waals surface area contributed by atoms with Gasteiger partial charge in [-0.1, -0.05) is 0 Å². The highest BCUT2D eigenvalue weighted by atomic mass is 32.1. The molecule has 0 atom stereocenters. The van der Waals surface area contributed by atoms with Crippen molar-refractivity contribution in [1.82, 2.24) is 8.75 Å². The van der Waals surface area contributed by atoms with Crippen molar-refractivity contribution < 1.29 is 14.6 Å². The molecular weight excluding hydrogens is 252 g/mol. The normalized spacial score (nSPS) is 13.8. The Hall–Kier alpha value is -1.95. The van der Waals surface area contributed by atoms with Crippen LogP contribution in [0.1, 0.15) is 22.5 Å². The van der Waals surface area contributed by atoms with Crippen molar-refractivity contribution in [1.29, 1.82) is 0 Å². The Kier molecular flexibility index (Phi) is 2.71.